The number of benzene rings is 1. The van der Waals surface area contributed by atoms with Crippen molar-refractivity contribution in [1.29, 1.82) is 5.26 Å². The van der Waals surface area contributed by atoms with Gasteiger partial charge in [-0.05, 0) is 35.5 Å². The van der Waals surface area contributed by atoms with E-state index in [0.717, 1.165) is 0 Å². The van der Waals surface area contributed by atoms with Gasteiger partial charge in [0, 0.05) is 17.4 Å². The van der Waals surface area contributed by atoms with Gasteiger partial charge in [-0.25, -0.2) is 0 Å². The van der Waals surface area contributed by atoms with E-state index in [1.807, 2.05) is 6.07 Å². The molecule has 0 bridgehead atoms. The van der Waals surface area contributed by atoms with Gasteiger partial charge in [-0.3, -0.25) is 0 Å². The molecule has 1 aromatic carbocycles. The molecule has 0 saturated heterocycles. The molecule has 0 aliphatic carbocycles. The molecular formula is C12H4Cl4F2N2S. The lowest BCUT2D eigenvalue weighted by Gasteiger charge is -2.09. The van der Waals surface area contributed by atoms with Crippen LogP contribution >= 0.6 is 58.2 Å². The van der Waals surface area contributed by atoms with Crippen LogP contribution in [0.5, 0.6) is 0 Å². The summed E-state index contributed by atoms with van der Waals surface area (Å²) in [6, 6.07) is 4.73. The summed E-state index contributed by atoms with van der Waals surface area (Å²) in [5.41, 5.74) is 0.367. The molecule has 0 aliphatic rings. The average Bonchev–Trinajstić information content (AvgIpc) is 2.67. The first-order valence-corrected chi connectivity index (χ1v) is 7.57. The Labute approximate surface area is 143 Å². The summed E-state index contributed by atoms with van der Waals surface area (Å²) >= 11 is 22.9. The Morgan fingerprint density at radius 3 is 2.19 bits per heavy atom. The molecule has 9 heteroatoms. The first kappa shape index (κ1) is 16.7. The summed E-state index contributed by atoms with van der Waals surface area (Å²) in [5.74, 6) is 0. The molecule has 1 aromatic heterocycles. The van der Waals surface area contributed by atoms with Crippen molar-refractivity contribution in [2.24, 2.45) is 0 Å². The van der Waals surface area contributed by atoms with Gasteiger partial charge in [0.25, 0.3) is 0 Å². The third-order valence-corrected chi connectivity index (χ3v) is 4.18. The van der Waals surface area contributed by atoms with Gasteiger partial charge >= 0.3 is 4.71 Å². The van der Waals surface area contributed by atoms with Crippen LogP contribution in [0.15, 0.2) is 29.4 Å². The molecule has 2 rings (SSSR count). The van der Waals surface area contributed by atoms with Gasteiger partial charge in [-0.1, -0.05) is 34.8 Å². The van der Waals surface area contributed by atoms with Gasteiger partial charge in [0.05, 0.1) is 26.2 Å². The molecule has 1 heterocycles. The minimum Gasteiger partial charge on any atom is -0.319 e. The van der Waals surface area contributed by atoms with Crippen molar-refractivity contribution in [3.05, 3.63) is 45.2 Å². The Hall–Kier alpha value is -0.640. The van der Waals surface area contributed by atoms with Crippen LogP contribution in [-0.2, 0) is 0 Å². The fourth-order valence-electron chi connectivity index (χ4n) is 1.64. The third-order valence-electron chi connectivity index (χ3n) is 2.38. The van der Waals surface area contributed by atoms with E-state index >= 15 is 0 Å². The van der Waals surface area contributed by atoms with Crippen LogP contribution in [0.3, 0.4) is 0 Å². The van der Waals surface area contributed by atoms with Crippen LogP contribution < -0.4 is 0 Å². The maximum atomic E-state index is 12.9. The van der Waals surface area contributed by atoms with E-state index in [4.69, 9.17) is 51.7 Å². The molecule has 0 saturated carbocycles. The van der Waals surface area contributed by atoms with Crippen molar-refractivity contribution in [2.45, 2.75) is 9.61 Å². The summed E-state index contributed by atoms with van der Waals surface area (Å²) in [6.45, 7) is 0. The second-order valence-electron chi connectivity index (χ2n) is 3.82. The SMILES string of the molecule is N#Cc1cn(-c2c(Cl)cc(Cl)cc2Cl)cc1SC(F)(F)Cl. The highest BCUT2D eigenvalue weighted by molar-refractivity contribution is 8.01. The fourth-order valence-corrected chi connectivity index (χ4v) is 3.52. The number of aromatic nitrogens is 1. The smallest absolute Gasteiger partial charge is 0.319 e. The molecule has 21 heavy (non-hydrogen) atoms. The van der Waals surface area contributed by atoms with E-state index in [1.54, 1.807) is 0 Å². The third kappa shape index (κ3) is 3.97. The van der Waals surface area contributed by atoms with E-state index in [0.29, 0.717) is 10.7 Å². The van der Waals surface area contributed by atoms with Crippen molar-refractivity contribution in [3.63, 3.8) is 0 Å². The van der Waals surface area contributed by atoms with Crippen LogP contribution in [0.1, 0.15) is 5.56 Å². The molecule has 0 radical (unpaired) electrons. The number of thioether (sulfide) groups is 1. The largest absolute Gasteiger partial charge is 0.375 e. The maximum absolute atomic E-state index is 12.9. The zero-order chi connectivity index (χ0) is 15.8. The van der Waals surface area contributed by atoms with Crippen molar-refractivity contribution in [2.75, 3.05) is 0 Å². The molecule has 0 amide bonds. The van der Waals surface area contributed by atoms with Gasteiger partial charge in [0.2, 0.25) is 0 Å². The summed E-state index contributed by atoms with van der Waals surface area (Å²) in [4.78, 5) is 0.0135. The second-order valence-corrected chi connectivity index (χ2v) is 6.93. The highest BCUT2D eigenvalue weighted by Gasteiger charge is 2.29. The van der Waals surface area contributed by atoms with E-state index in [2.05, 4.69) is 0 Å². The molecule has 0 N–H and O–H groups in total. The Balaban J connectivity index is 2.55. The van der Waals surface area contributed by atoms with Crippen LogP contribution in [0, 0.1) is 11.3 Å². The molecule has 0 spiro atoms. The lowest BCUT2D eigenvalue weighted by molar-refractivity contribution is 0.203. The topological polar surface area (TPSA) is 28.7 Å². The lowest BCUT2D eigenvalue weighted by Crippen LogP contribution is -1.97. The van der Waals surface area contributed by atoms with E-state index in [-0.39, 0.29) is 32.3 Å². The molecule has 110 valence electrons. The fraction of sp³-hybridized carbons (Fsp3) is 0.0833. The highest BCUT2D eigenvalue weighted by atomic mass is 35.5. The Kier molecular flexibility index (Phi) is 4.96. The summed E-state index contributed by atoms with van der Waals surface area (Å²) < 4.78 is 23.6. The summed E-state index contributed by atoms with van der Waals surface area (Å²) in [7, 11) is 0. The van der Waals surface area contributed by atoms with Crippen molar-refractivity contribution >= 4 is 58.2 Å². The molecular weight excluding hydrogens is 384 g/mol. The Morgan fingerprint density at radius 2 is 1.71 bits per heavy atom. The normalized spacial score (nSPS) is 11.5. The number of nitrogens with zero attached hydrogens (tertiary/aromatic N) is 2. The number of hydrogen-bond donors (Lipinski definition) is 0. The van der Waals surface area contributed by atoms with Gasteiger partial charge in [0.1, 0.15) is 6.07 Å². The van der Waals surface area contributed by atoms with E-state index in [9.17, 15) is 8.78 Å². The zero-order valence-electron chi connectivity index (χ0n) is 9.88. The van der Waals surface area contributed by atoms with Crippen LogP contribution in [-0.4, -0.2) is 9.28 Å². The first-order chi connectivity index (χ1) is 9.71. The quantitative estimate of drug-likeness (QED) is 0.464. The zero-order valence-corrected chi connectivity index (χ0v) is 13.7. The standard InChI is InChI=1S/C12H4Cl4F2N2S/c13-7-1-8(14)11(9(15)2-7)20-4-6(3-19)10(5-20)21-12(16,17)18/h1-2,4-5H. The first-order valence-electron chi connectivity index (χ1n) is 5.24. The number of rotatable bonds is 3. The molecule has 2 nitrogen and oxygen atoms in total. The lowest BCUT2D eigenvalue weighted by atomic mass is 10.3. The molecule has 0 atom stereocenters. The average molecular weight is 388 g/mol. The van der Waals surface area contributed by atoms with Gasteiger partial charge < -0.3 is 4.57 Å². The van der Waals surface area contributed by atoms with Crippen molar-refractivity contribution in [1.82, 2.24) is 4.57 Å². The number of hydrogen-bond acceptors (Lipinski definition) is 2. The Morgan fingerprint density at radius 1 is 1.14 bits per heavy atom. The van der Waals surface area contributed by atoms with Gasteiger partial charge in [0.15, 0.2) is 0 Å². The van der Waals surface area contributed by atoms with Gasteiger partial charge in [-0.15, -0.1) is 0 Å². The van der Waals surface area contributed by atoms with Crippen molar-refractivity contribution in [3.8, 4) is 11.8 Å². The monoisotopic (exact) mass is 386 g/mol. The second kappa shape index (κ2) is 6.23. The number of nitriles is 1. The molecule has 2 aromatic rings. The van der Waals surface area contributed by atoms with Crippen LogP contribution in [0.4, 0.5) is 8.78 Å². The number of alkyl halides is 3. The summed E-state index contributed by atoms with van der Waals surface area (Å²) in [6.07, 6.45) is 2.65. The molecule has 0 aliphatic heterocycles. The van der Waals surface area contributed by atoms with Crippen LogP contribution in [0.25, 0.3) is 5.69 Å². The number of halogens is 6. The summed E-state index contributed by atoms with van der Waals surface area (Å²) in [5, 5.41) is 9.79. The van der Waals surface area contributed by atoms with Gasteiger partial charge in [-0.2, -0.15) is 14.0 Å². The minimum atomic E-state index is -3.52. The molecule has 0 fully saturated rings. The maximum Gasteiger partial charge on any atom is 0.375 e. The van der Waals surface area contributed by atoms with Crippen LogP contribution in [0.2, 0.25) is 15.1 Å². The molecule has 0 unspecified atom stereocenters. The minimum absolute atomic E-state index is 0.0135. The predicted octanol–water partition coefficient (Wildman–Crippen LogP) is 6.19. The Bertz CT molecular complexity index is 711. The predicted molar refractivity (Wildman–Crippen MR) is 82.2 cm³/mol. The van der Waals surface area contributed by atoms with E-state index in [1.165, 1.54) is 29.1 Å². The highest BCUT2D eigenvalue weighted by Crippen LogP contribution is 2.42. The van der Waals surface area contributed by atoms with Crippen molar-refractivity contribution < 1.29 is 8.78 Å². The van der Waals surface area contributed by atoms with E-state index < -0.39 is 4.71 Å².